The molecule has 3 aromatic rings. The van der Waals surface area contributed by atoms with Crippen LogP contribution in [0.25, 0.3) is 11.4 Å². The van der Waals surface area contributed by atoms with Crippen molar-refractivity contribution in [3.63, 3.8) is 0 Å². The molecule has 1 aliphatic rings. The van der Waals surface area contributed by atoms with Crippen LogP contribution in [0.15, 0.2) is 67.0 Å². The zero-order valence-corrected chi connectivity index (χ0v) is 14.3. The number of aromatic nitrogens is 2. The number of nitrogens with zero attached hydrogens (tertiary/aromatic N) is 3. The van der Waals surface area contributed by atoms with E-state index in [1.54, 1.807) is 18.2 Å². The van der Waals surface area contributed by atoms with Gasteiger partial charge in [-0.15, -0.1) is 0 Å². The van der Waals surface area contributed by atoms with Crippen LogP contribution < -0.4 is 10.8 Å². The van der Waals surface area contributed by atoms with Crippen molar-refractivity contribution in [3.8, 4) is 11.4 Å². The lowest BCUT2D eigenvalue weighted by molar-refractivity contribution is -0.119. The second kappa shape index (κ2) is 6.87. The molecule has 0 saturated heterocycles. The lowest BCUT2D eigenvalue weighted by Crippen LogP contribution is -2.30. The highest BCUT2D eigenvalue weighted by Crippen LogP contribution is 2.36. The maximum atomic E-state index is 12.5. The van der Waals surface area contributed by atoms with E-state index in [9.17, 15) is 9.59 Å². The Bertz CT molecular complexity index is 990. The van der Waals surface area contributed by atoms with Gasteiger partial charge >= 0.3 is 5.97 Å². The van der Waals surface area contributed by atoms with E-state index in [1.165, 1.54) is 17.5 Å². The Labute approximate surface area is 155 Å². The highest BCUT2D eigenvalue weighted by molar-refractivity contribution is 5.91. The van der Waals surface area contributed by atoms with Crippen molar-refractivity contribution in [2.24, 2.45) is 5.73 Å². The molecule has 2 aromatic carbocycles. The minimum atomic E-state index is -0.602. The minimum absolute atomic E-state index is 0.184. The Kier molecular flexibility index (Phi) is 4.25. The molecule has 0 fully saturated rings. The van der Waals surface area contributed by atoms with E-state index in [0.29, 0.717) is 11.5 Å². The second-order valence-corrected chi connectivity index (χ2v) is 6.11. The highest BCUT2D eigenvalue weighted by atomic mass is 16.7. The molecule has 0 spiro atoms. The minimum Gasteiger partial charge on any atom is -0.369 e. The van der Waals surface area contributed by atoms with Crippen LogP contribution in [0.5, 0.6) is 0 Å². The van der Waals surface area contributed by atoms with Crippen LogP contribution in [0, 0.1) is 0 Å². The highest BCUT2D eigenvalue weighted by Gasteiger charge is 2.34. The molecule has 0 saturated carbocycles. The van der Waals surface area contributed by atoms with E-state index in [2.05, 4.69) is 9.97 Å². The molecule has 2 N–H and O–H groups in total. The number of carbonyl (C=O) groups is 2. The van der Waals surface area contributed by atoms with Crippen LogP contribution in [0.1, 0.15) is 21.8 Å². The number of benzene rings is 2. The third kappa shape index (κ3) is 3.22. The number of carbonyl (C=O) groups excluding carboxylic acids is 2. The summed E-state index contributed by atoms with van der Waals surface area (Å²) in [7, 11) is 0. The zero-order valence-electron chi connectivity index (χ0n) is 14.3. The van der Waals surface area contributed by atoms with Crippen molar-refractivity contribution >= 4 is 17.6 Å². The molecule has 2 heterocycles. The van der Waals surface area contributed by atoms with Gasteiger partial charge in [-0.05, 0) is 11.6 Å². The maximum absolute atomic E-state index is 12.5. The van der Waals surface area contributed by atoms with Crippen molar-refractivity contribution in [1.29, 1.82) is 0 Å². The van der Waals surface area contributed by atoms with E-state index < -0.39 is 17.8 Å². The number of fused-ring (bicyclic) bond motifs is 1. The number of hydrogen-bond acceptors (Lipinski definition) is 6. The zero-order chi connectivity index (χ0) is 18.8. The quantitative estimate of drug-likeness (QED) is 0.767. The van der Waals surface area contributed by atoms with Crippen molar-refractivity contribution in [2.75, 3.05) is 11.6 Å². The van der Waals surface area contributed by atoms with Crippen LogP contribution in [0.3, 0.4) is 0 Å². The average molecular weight is 360 g/mol. The number of hydrogen-bond donors (Lipinski definition) is 1. The van der Waals surface area contributed by atoms with E-state index >= 15 is 0 Å². The molecule has 7 nitrogen and oxygen atoms in total. The number of amides is 1. The van der Waals surface area contributed by atoms with E-state index in [1.807, 2.05) is 36.4 Å². The van der Waals surface area contributed by atoms with Crippen LogP contribution in [-0.2, 0) is 9.63 Å². The van der Waals surface area contributed by atoms with Gasteiger partial charge in [-0.2, -0.15) is 0 Å². The molecular weight excluding hydrogens is 344 g/mol. The number of nitrogens with two attached hydrogens (primary N) is 1. The summed E-state index contributed by atoms with van der Waals surface area (Å²) in [6.07, 6.45) is 2.84. The number of para-hydroxylation sites is 1. The fraction of sp³-hybridized carbons (Fsp3) is 0.100. The Morgan fingerprint density at radius 3 is 2.37 bits per heavy atom. The Balaban J connectivity index is 1.52. The molecule has 7 heteroatoms. The molecular formula is C20H16N4O3. The standard InChI is InChI=1S/C20H16N4O3/c21-18(25)16-12-24(17-9-5-4-8-15(16)17)27-20(26)14-10-22-19(23-11-14)13-6-2-1-3-7-13/h1-11,16H,12H2,(H2,21,25). The van der Waals surface area contributed by atoms with Crippen LogP contribution in [-0.4, -0.2) is 28.4 Å². The molecule has 1 aromatic heterocycles. The summed E-state index contributed by atoms with van der Waals surface area (Å²) in [5.74, 6) is -1.07. The van der Waals surface area contributed by atoms with Crippen molar-refractivity contribution in [2.45, 2.75) is 5.92 Å². The van der Waals surface area contributed by atoms with Gasteiger partial charge in [-0.1, -0.05) is 48.5 Å². The number of anilines is 1. The van der Waals surface area contributed by atoms with Gasteiger partial charge in [0.1, 0.15) is 0 Å². The van der Waals surface area contributed by atoms with E-state index in [4.69, 9.17) is 10.6 Å². The number of hydroxylamine groups is 1. The Morgan fingerprint density at radius 1 is 1.00 bits per heavy atom. The smallest absolute Gasteiger partial charge is 0.366 e. The number of primary amides is 1. The monoisotopic (exact) mass is 360 g/mol. The SMILES string of the molecule is NC(=O)C1CN(OC(=O)c2cnc(-c3ccccc3)nc2)c2ccccc21. The second-order valence-electron chi connectivity index (χ2n) is 6.11. The molecule has 134 valence electrons. The van der Waals surface area contributed by atoms with E-state index in [0.717, 1.165) is 11.1 Å². The first-order valence-corrected chi connectivity index (χ1v) is 8.39. The summed E-state index contributed by atoms with van der Waals surface area (Å²) in [5, 5.41) is 1.39. The van der Waals surface area contributed by atoms with Gasteiger partial charge in [-0.25, -0.2) is 19.8 Å². The number of rotatable bonds is 4. The summed E-state index contributed by atoms with van der Waals surface area (Å²) in [5.41, 5.74) is 7.93. The van der Waals surface area contributed by atoms with Gasteiger partial charge in [0.25, 0.3) is 0 Å². The van der Waals surface area contributed by atoms with Crippen LogP contribution in [0.4, 0.5) is 5.69 Å². The molecule has 0 radical (unpaired) electrons. The molecule has 0 bridgehead atoms. The summed E-state index contributed by atoms with van der Waals surface area (Å²) in [4.78, 5) is 38.1. The first-order chi connectivity index (χ1) is 13.1. The summed E-state index contributed by atoms with van der Waals surface area (Å²) < 4.78 is 0. The van der Waals surface area contributed by atoms with Gasteiger partial charge in [0.15, 0.2) is 5.82 Å². The summed E-state index contributed by atoms with van der Waals surface area (Å²) in [6.45, 7) is 0.184. The lowest BCUT2D eigenvalue weighted by atomic mass is 10.0. The van der Waals surface area contributed by atoms with Crippen LogP contribution >= 0.6 is 0 Å². The van der Waals surface area contributed by atoms with Crippen molar-refractivity contribution < 1.29 is 14.4 Å². The Hall–Kier alpha value is -3.74. The molecule has 1 atom stereocenters. The normalized spacial score (nSPS) is 15.3. The predicted octanol–water partition coefficient (Wildman–Crippen LogP) is 2.30. The molecule has 1 aliphatic heterocycles. The maximum Gasteiger partial charge on any atom is 0.366 e. The summed E-state index contributed by atoms with van der Waals surface area (Å²) in [6, 6.07) is 16.7. The van der Waals surface area contributed by atoms with Crippen molar-refractivity contribution in [1.82, 2.24) is 9.97 Å². The third-order valence-electron chi connectivity index (χ3n) is 4.39. The predicted molar refractivity (Wildman–Crippen MR) is 98.6 cm³/mol. The third-order valence-corrected chi connectivity index (χ3v) is 4.39. The first-order valence-electron chi connectivity index (χ1n) is 8.39. The fourth-order valence-corrected chi connectivity index (χ4v) is 3.02. The van der Waals surface area contributed by atoms with Crippen molar-refractivity contribution in [3.05, 3.63) is 78.1 Å². The van der Waals surface area contributed by atoms with Gasteiger partial charge in [0.2, 0.25) is 5.91 Å². The molecule has 1 amide bonds. The largest absolute Gasteiger partial charge is 0.369 e. The topological polar surface area (TPSA) is 98.4 Å². The molecule has 27 heavy (non-hydrogen) atoms. The fourth-order valence-electron chi connectivity index (χ4n) is 3.02. The molecule has 1 unspecified atom stereocenters. The van der Waals surface area contributed by atoms with Gasteiger partial charge in [0.05, 0.1) is 23.7 Å². The average Bonchev–Trinajstić information content (AvgIpc) is 3.08. The molecule has 0 aliphatic carbocycles. The summed E-state index contributed by atoms with van der Waals surface area (Å²) >= 11 is 0. The van der Waals surface area contributed by atoms with Gasteiger partial charge in [-0.3, -0.25) is 4.79 Å². The first kappa shape index (κ1) is 16.7. The Morgan fingerprint density at radius 2 is 1.67 bits per heavy atom. The lowest BCUT2D eigenvalue weighted by Gasteiger charge is -2.18. The molecule has 4 rings (SSSR count). The van der Waals surface area contributed by atoms with Crippen LogP contribution in [0.2, 0.25) is 0 Å². The van der Waals surface area contributed by atoms with Gasteiger partial charge < -0.3 is 10.6 Å². The van der Waals surface area contributed by atoms with E-state index in [-0.39, 0.29) is 12.1 Å². The van der Waals surface area contributed by atoms with Gasteiger partial charge in [0, 0.05) is 18.0 Å².